The van der Waals surface area contributed by atoms with Gasteiger partial charge in [0.25, 0.3) is 5.56 Å². The summed E-state index contributed by atoms with van der Waals surface area (Å²) in [6, 6.07) is 6.82. The third kappa shape index (κ3) is 1.93. The molecule has 0 saturated heterocycles. The van der Waals surface area contributed by atoms with Gasteiger partial charge >= 0.3 is 0 Å². The van der Waals surface area contributed by atoms with Crippen LogP contribution >= 0.6 is 0 Å². The van der Waals surface area contributed by atoms with Crippen LogP contribution in [0.15, 0.2) is 41.3 Å². The Kier molecular flexibility index (Phi) is 2.68. The minimum atomic E-state index is -0.356. The third-order valence-corrected chi connectivity index (χ3v) is 2.08. The predicted octanol–water partition coefficient (Wildman–Crippen LogP) is 1.38. The second-order valence-electron chi connectivity index (χ2n) is 3.12. The Hall–Kier alpha value is -2.17. The van der Waals surface area contributed by atoms with Crippen molar-refractivity contribution in [3.05, 3.63) is 52.7 Å². The molecule has 0 bridgehead atoms. The minimum absolute atomic E-state index is 0.328. The molecular weight excluding hydrogens is 211 g/mol. The number of methoxy groups -OCH3 is 1. The standard InChI is InChI=1S/C11H9FN2O2/c1-16-10-6-11(15)14(13-7-10)9-4-2-8(12)3-5-9/h2-7H,1H3. The Morgan fingerprint density at radius 3 is 2.56 bits per heavy atom. The number of rotatable bonds is 2. The highest BCUT2D eigenvalue weighted by Crippen LogP contribution is 2.07. The average Bonchev–Trinajstić information content (AvgIpc) is 2.30. The second kappa shape index (κ2) is 4.14. The third-order valence-electron chi connectivity index (χ3n) is 2.08. The van der Waals surface area contributed by atoms with Crippen LogP contribution in [0.4, 0.5) is 4.39 Å². The molecule has 0 aliphatic rings. The number of nitrogens with zero attached hydrogens (tertiary/aromatic N) is 2. The van der Waals surface area contributed by atoms with Crippen molar-refractivity contribution in [2.24, 2.45) is 0 Å². The zero-order valence-corrected chi connectivity index (χ0v) is 8.55. The van der Waals surface area contributed by atoms with E-state index in [-0.39, 0.29) is 11.4 Å². The fourth-order valence-electron chi connectivity index (χ4n) is 1.28. The molecule has 2 rings (SSSR count). The zero-order valence-electron chi connectivity index (χ0n) is 8.55. The lowest BCUT2D eigenvalue weighted by molar-refractivity contribution is 0.409. The maximum Gasteiger partial charge on any atom is 0.275 e. The molecule has 0 radical (unpaired) electrons. The molecule has 5 heteroatoms. The van der Waals surface area contributed by atoms with Crippen molar-refractivity contribution in [1.29, 1.82) is 0 Å². The van der Waals surface area contributed by atoms with E-state index in [9.17, 15) is 9.18 Å². The van der Waals surface area contributed by atoms with Crippen molar-refractivity contribution < 1.29 is 9.13 Å². The van der Waals surface area contributed by atoms with Crippen molar-refractivity contribution in [3.63, 3.8) is 0 Å². The monoisotopic (exact) mass is 220 g/mol. The van der Waals surface area contributed by atoms with Crippen LogP contribution in [0.5, 0.6) is 5.75 Å². The number of hydrogen-bond acceptors (Lipinski definition) is 3. The van der Waals surface area contributed by atoms with E-state index in [1.54, 1.807) is 0 Å². The van der Waals surface area contributed by atoms with E-state index >= 15 is 0 Å². The summed E-state index contributed by atoms with van der Waals surface area (Å²) in [4.78, 5) is 11.6. The molecule has 0 aliphatic carbocycles. The number of aromatic nitrogens is 2. The lowest BCUT2D eigenvalue weighted by atomic mass is 10.3. The van der Waals surface area contributed by atoms with Crippen LogP contribution in [0.25, 0.3) is 5.69 Å². The summed E-state index contributed by atoms with van der Waals surface area (Å²) in [5, 5.41) is 3.91. The summed E-state index contributed by atoms with van der Waals surface area (Å²) in [5.41, 5.74) is 0.181. The van der Waals surface area contributed by atoms with Crippen LogP contribution in [0.1, 0.15) is 0 Å². The highest BCUT2D eigenvalue weighted by molar-refractivity contribution is 5.31. The van der Waals surface area contributed by atoms with Crippen molar-refractivity contribution >= 4 is 0 Å². The van der Waals surface area contributed by atoms with Gasteiger partial charge in [0.1, 0.15) is 11.6 Å². The highest BCUT2D eigenvalue weighted by Gasteiger charge is 2.02. The molecule has 0 atom stereocenters. The van der Waals surface area contributed by atoms with Gasteiger partial charge < -0.3 is 4.74 Å². The number of ether oxygens (including phenoxy) is 1. The van der Waals surface area contributed by atoms with E-state index in [1.807, 2.05) is 0 Å². The minimum Gasteiger partial charge on any atom is -0.495 e. The molecule has 0 aliphatic heterocycles. The van der Waals surface area contributed by atoms with E-state index in [0.29, 0.717) is 11.4 Å². The number of hydrogen-bond donors (Lipinski definition) is 0. The number of halogens is 1. The molecule has 1 aromatic heterocycles. The SMILES string of the molecule is COc1cnn(-c2ccc(F)cc2)c(=O)c1. The Labute approximate surface area is 90.9 Å². The fraction of sp³-hybridized carbons (Fsp3) is 0.0909. The van der Waals surface area contributed by atoms with E-state index in [4.69, 9.17) is 4.74 Å². The van der Waals surface area contributed by atoms with Crippen LogP contribution in [0, 0.1) is 5.82 Å². The van der Waals surface area contributed by atoms with Crippen molar-refractivity contribution in [1.82, 2.24) is 9.78 Å². The topological polar surface area (TPSA) is 44.1 Å². The van der Waals surface area contributed by atoms with Crippen LogP contribution in [-0.4, -0.2) is 16.9 Å². The van der Waals surface area contributed by atoms with E-state index in [0.717, 1.165) is 0 Å². The van der Waals surface area contributed by atoms with Crippen LogP contribution in [-0.2, 0) is 0 Å². The molecule has 1 heterocycles. The molecule has 0 fully saturated rings. The van der Waals surface area contributed by atoms with Gasteiger partial charge in [0.05, 0.1) is 19.0 Å². The van der Waals surface area contributed by atoms with Gasteiger partial charge in [-0.2, -0.15) is 9.78 Å². The van der Waals surface area contributed by atoms with E-state index in [1.165, 1.54) is 48.3 Å². The Morgan fingerprint density at radius 1 is 1.31 bits per heavy atom. The molecular formula is C11H9FN2O2. The van der Waals surface area contributed by atoms with Gasteiger partial charge in [-0.3, -0.25) is 4.79 Å². The summed E-state index contributed by atoms with van der Waals surface area (Å²) in [6.07, 6.45) is 1.42. The summed E-state index contributed by atoms with van der Waals surface area (Å²) in [6.45, 7) is 0. The molecule has 0 unspecified atom stereocenters. The maximum atomic E-state index is 12.7. The average molecular weight is 220 g/mol. The maximum absolute atomic E-state index is 12.7. The predicted molar refractivity (Wildman–Crippen MR) is 56.3 cm³/mol. The van der Waals surface area contributed by atoms with E-state index in [2.05, 4.69) is 5.10 Å². The first kappa shape index (κ1) is 10.4. The first-order valence-corrected chi connectivity index (χ1v) is 4.60. The quantitative estimate of drug-likeness (QED) is 0.768. The summed E-state index contributed by atoms with van der Waals surface area (Å²) in [5.74, 6) is 0.0358. The highest BCUT2D eigenvalue weighted by atomic mass is 19.1. The molecule has 0 amide bonds. The first-order valence-electron chi connectivity index (χ1n) is 4.60. The van der Waals surface area contributed by atoms with Gasteiger partial charge in [0.2, 0.25) is 0 Å². The molecule has 0 N–H and O–H groups in total. The van der Waals surface area contributed by atoms with Crippen LogP contribution in [0.3, 0.4) is 0 Å². The van der Waals surface area contributed by atoms with Crippen molar-refractivity contribution in [2.75, 3.05) is 7.11 Å². The fourth-order valence-corrected chi connectivity index (χ4v) is 1.28. The Balaban J connectivity index is 2.48. The summed E-state index contributed by atoms with van der Waals surface area (Å²) < 4.78 is 18.7. The van der Waals surface area contributed by atoms with Gasteiger partial charge in [-0.05, 0) is 24.3 Å². The molecule has 82 valence electrons. The molecule has 4 nitrogen and oxygen atoms in total. The zero-order chi connectivity index (χ0) is 11.5. The Bertz CT molecular complexity index is 549. The van der Waals surface area contributed by atoms with Gasteiger partial charge in [0, 0.05) is 6.07 Å². The summed E-state index contributed by atoms with van der Waals surface area (Å²) >= 11 is 0. The smallest absolute Gasteiger partial charge is 0.275 e. The molecule has 0 saturated carbocycles. The normalized spacial score (nSPS) is 10.1. The van der Waals surface area contributed by atoms with Gasteiger partial charge in [-0.15, -0.1) is 0 Å². The molecule has 16 heavy (non-hydrogen) atoms. The van der Waals surface area contributed by atoms with Gasteiger partial charge in [-0.25, -0.2) is 4.39 Å². The molecule has 2 aromatic rings. The first-order chi connectivity index (χ1) is 7.70. The lowest BCUT2D eigenvalue weighted by Crippen LogP contribution is -2.19. The second-order valence-corrected chi connectivity index (χ2v) is 3.12. The van der Waals surface area contributed by atoms with Gasteiger partial charge in [-0.1, -0.05) is 0 Å². The van der Waals surface area contributed by atoms with Gasteiger partial charge in [0.15, 0.2) is 0 Å². The summed E-state index contributed by atoms with van der Waals surface area (Å²) in [7, 11) is 1.46. The molecule has 0 spiro atoms. The number of benzene rings is 1. The van der Waals surface area contributed by atoms with Crippen molar-refractivity contribution in [2.45, 2.75) is 0 Å². The van der Waals surface area contributed by atoms with Crippen molar-refractivity contribution in [3.8, 4) is 11.4 Å². The largest absolute Gasteiger partial charge is 0.495 e. The lowest BCUT2D eigenvalue weighted by Gasteiger charge is -2.04. The Morgan fingerprint density at radius 2 is 2.00 bits per heavy atom. The van der Waals surface area contributed by atoms with Crippen LogP contribution < -0.4 is 10.3 Å². The van der Waals surface area contributed by atoms with E-state index < -0.39 is 0 Å². The van der Waals surface area contributed by atoms with Crippen LogP contribution in [0.2, 0.25) is 0 Å². The molecule has 1 aromatic carbocycles.